The topological polar surface area (TPSA) is 29.4 Å². The van der Waals surface area contributed by atoms with Crippen LogP contribution in [0.1, 0.15) is 5.56 Å². The third-order valence-electron chi connectivity index (χ3n) is 1.45. The van der Waals surface area contributed by atoms with E-state index in [2.05, 4.69) is 27.8 Å². The highest BCUT2D eigenvalue weighted by Gasteiger charge is 1.98. The maximum absolute atomic E-state index is 10.2. The third-order valence-corrected chi connectivity index (χ3v) is 1.99. The van der Waals surface area contributed by atoms with Gasteiger partial charge in [0.25, 0.3) is 0 Å². The average molecular weight is 261 g/mol. The average Bonchev–Trinajstić information content (AvgIpc) is 2.06. The molecule has 3 heteroatoms. The Kier molecular flexibility index (Phi) is 3.48. The molecule has 1 aromatic rings. The molecule has 2 nitrogen and oxygen atoms in total. The van der Waals surface area contributed by atoms with Gasteiger partial charge in [-0.05, 0) is 23.2 Å². The number of halogens is 1. The summed E-state index contributed by atoms with van der Waals surface area (Å²) in [4.78, 5) is 10.2. The molecule has 0 N–H and O–H groups in total. The Labute approximate surface area is 79.1 Å². The highest BCUT2D eigenvalue weighted by atomic mass is 127. The second-order valence-electron chi connectivity index (χ2n) is 2.16. The molecule has 0 fully saturated rings. The van der Waals surface area contributed by atoms with Crippen molar-refractivity contribution in [2.75, 3.05) is 4.43 Å². The van der Waals surface area contributed by atoms with Crippen molar-refractivity contribution in [1.82, 2.24) is 0 Å². The first-order valence-electron chi connectivity index (χ1n) is 3.35. The van der Waals surface area contributed by atoms with E-state index < -0.39 is 0 Å². The lowest BCUT2D eigenvalue weighted by Gasteiger charge is -1.98. The monoisotopic (exact) mass is 261 g/mol. The SMILES string of the molecule is O=Nc1ccccc1CCI. The van der Waals surface area contributed by atoms with Crippen LogP contribution in [0.15, 0.2) is 29.4 Å². The van der Waals surface area contributed by atoms with E-state index in [-0.39, 0.29) is 0 Å². The maximum Gasteiger partial charge on any atom is 0.111 e. The summed E-state index contributed by atoms with van der Waals surface area (Å²) < 4.78 is 1.02. The van der Waals surface area contributed by atoms with Crippen LogP contribution in [0.25, 0.3) is 0 Å². The van der Waals surface area contributed by atoms with Crippen LogP contribution in [0, 0.1) is 4.91 Å². The van der Waals surface area contributed by atoms with Crippen LogP contribution in [0.2, 0.25) is 0 Å². The molecule has 58 valence electrons. The van der Waals surface area contributed by atoms with Crippen molar-refractivity contribution in [2.45, 2.75) is 6.42 Å². The van der Waals surface area contributed by atoms with E-state index in [0.717, 1.165) is 16.4 Å². The highest BCUT2D eigenvalue weighted by molar-refractivity contribution is 14.1. The Hall–Kier alpha value is -0.450. The van der Waals surface area contributed by atoms with Crippen LogP contribution in [0.4, 0.5) is 5.69 Å². The first kappa shape index (κ1) is 8.64. The molecule has 0 saturated heterocycles. The van der Waals surface area contributed by atoms with Gasteiger partial charge in [-0.3, -0.25) is 0 Å². The van der Waals surface area contributed by atoms with Gasteiger partial charge < -0.3 is 0 Å². The molecular formula is C8H8INO. The fourth-order valence-electron chi connectivity index (χ4n) is 0.913. The van der Waals surface area contributed by atoms with E-state index in [1.807, 2.05) is 18.2 Å². The molecule has 0 saturated carbocycles. The van der Waals surface area contributed by atoms with Crippen LogP contribution in [-0.4, -0.2) is 4.43 Å². The molecule has 0 amide bonds. The minimum Gasteiger partial charge on any atom is -0.145 e. The Morgan fingerprint density at radius 3 is 2.73 bits per heavy atom. The van der Waals surface area contributed by atoms with E-state index in [1.165, 1.54) is 0 Å². The lowest BCUT2D eigenvalue weighted by atomic mass is 10.1. The first-order valence-corrected chi connectivity index (χ1v) is 4.88. The van der Waals surface area contributed by atoms with Gasteiger partial charge >= 0.3 is 0 Å². The van der Waals surface area contributed by atoms with Crippen LogP contribution in [-0.2, 0) is 6.42 Å². The van der Waals surface area contributed by atoms with Crippen molar-refractivity contribution in [3.05, 3.63) is 34.7 Å². The summed E-state index contributed by atoms with van der Waals surface area (Å²) in [5.74, 6) is 0. The molecule has 0 bridgehead atoms. The Balaban J connectivity index is 2.92. The van der Waals surface area contributed by atoms with Gasteiger partial charge in [0.1, 0.15) is 5.69 Å². The lowest BCUT2D eigenvalue weighted by Crippen LogP contribution is -1.84. The highest BCUT2D eigenvalue weighted by Crippen LogP contribution is 2.18. The molecule has 1 aromatic carbocycles. The van der Waals surface area contributed by atoms with Crippen LogP contribution in [0.5, 0.6) is 0 Å². The van der Waals surface area contributed by atoms with E-state index in [1.54, 1.807) is 6.07 Å². The summed E-state index contributed by atoms with van der Waals surface area (Å²) in [5.41, 5.74) is 1.61. The van der Waals surface area contributed by atoms with Crippen molar-refractivity contribution >= 4 is 28.3 Å². The molecule has 0 heterocycles. The number of benzene rings is 1. The maximum atomic E-state index is 10.2. The number of aryl methyl sites for hydroxylation is 1. The van der Waals surface area contributed by atoms with Gasteiger partial charge in [0.15, 0.2) is 0 Å². The minimum absolute atomic E-state index is 0.573. The second kappa shape index (κ2) is 4.43. The smallest absolute Gasteiger partial charge is 0.111 e. The van der Waals surface area contributed by atoms with Gasteiger partial charge in [-0.15, -0.1) is 4.91 Å². The lowest BCUT2D eigenvalue weighted by molar-refractivity contribution is 1.17. The summed E-state index contributed by atoms with van der Waals surface area (Å²) in [5, 5.41) is 2.94. The normalized spacial score (nSPS) is 9.55. The fourth-order valence-corrected chi connectivity index (χ4v) is 1.49. The van der Waals surface area contributed by atoms with Crippen molar-refractivity contribution < 1.29 is 0 Å². The molecule has 0 aliphatic heterocycles. The molecule has 11 heavy (non-hydrogen) atoms. The number of hydrogen-bond acceptors (Lipinski definition) is 2. The summed E-state index contributed by atoms with van der Waals surface area (Å²) in [7, 11) is 0. The van der Waals surface area contributed by atoms with E-state index in [4.69, 9.17) is 0 Å². The molecule has 0 aromatic heterocycles. The summed E-state index contributed by atoms with van der Waals surface area (Å²) in [6.07, 6.45) is 0.919. The minimum atomic E-state index is 0.573. The zero-order valence-electron chi connectivity index (χ0n) is 5.96. The molecule has 0 radical (unpaired) electrons. The summed E-state index contributed by atoms with van der Waals surface area (Å²) in [6, 6.07) is 7.44. The Bertz CT molecular complexity index is 250. The van der Waals surface area contributed by atoms with Gasteiger partial charge in [-0.2, -0.15) is 0 Å². The first-order chi connectivity index (χ1) is 5.38. The van der Waals surface area contributed by atoms with Gasteiger partial charge in [-0.1, -0.05) is 40.8 Å². The van der Waals surface area contributed by atoms with E-state index in [9.17, 15) is 4.91 Å². The molecule has 0 aliphatic rings. The molecule has 0 spiro atoms. The molecule has 1 rings (SSSR count). The third kappa shape index (κ3) is 2.25. The quantitative estimate of drug-likeness (QED) is 0.467. The van der Waals surface area contributed by atoms with Crippen molar-refractivity contribution in [2.24, 2.45) is 5.18 Å². The number of nitroso groups, excluding NO2 is 1. The van der Waals surface area contributed by atoms with Crippen LogP contribution >= 0.6 is 22.6 Å². The van der Waals surface area contributed by atoms with Crippen LogP contribution in [0.3, 0.4) is 0 Å². The number of nitrogens with zero attached hydrogens (tertiary/aromatic N) is 1. The summed E-state index contributed by atoms with van der Waals surface area (Å²) >= 11 is 2.28. The second-order valence-corrected chi connectivity index (χ2v) is 3.24. The molecule has 0 atom stereocenters. The van der Waals surface area contributed by atoms with E-state index in [0.29, 0.717) is 5.69 Å². The summed E-state index contributed by atoms with van der Waals surface area (Å²) in [6.45, 7) is 0. The zero-order chi connectivity index (χ0) is 8.10. The van der Waals surface area contributed by atoms with Gasteiger partial charge in [0, 0.05) is 4.43 Å². The van der Waals surface area contributed by atoms with E-state index >= 15 is 0 Å². The number of hydrogen-bond donors (Lipinski definition) is 0. The molecular weight excluding hydrogens is 253 g/mol. The number of alkyl halides is 1. The van der Waals surface area contributed by atoms with Gasteiger partial charge in [0.2, 0.25) is 0 Å². The largest absolute Gasteiger partial charge is 0.145 e. The van der Waals surface area contributed by atoms with Crippen molar-refractivity contribution in [3.8, 4) is 0 Å². The fraction of sp³-hybridized carbons (Fsp3) is 0.250. The number of rotatable bonds is 3. The Morgan fingerprint density at radius 2 is 2.09 bits per heavy atom. The van der Waals surface area contributed by atoms with Crippen molar-refractivity contribution in [3.63, 3.8) is 0 Å². The predicted molar refractivity (Wildman–Crippen MR) is 54.5 cm³/mol. The molecule has 0 aliphatic carbocycles. The Morgan fingerprint density at radius 1 is 1.36 bits per heavy atom. The van der Waals surface area contributed by atoms with Crippen molar-refractivity contribution in [1.29, 1.82) is 0 Å². The van der Waals surface area contributed by atoms with Crippen LogP contribution < -0.4 is 0 Å². The predicted octanol–water partition coefficient (Wildman–Crippen LogP) is 3.06. The molecule has 0 unspecified atom stereocenters. The zero-order valence-corrected chi connectivity index (χ0v) is 8.11. The van der Waals surface area contributed by atoms with Gasteiger partial charge in [-0.25, -0.2) is 0 Å². The van der Waals surface area contributed by atoms with Gasteiger partial charge in [0.05, 0.1) is 0 Å². The standard InChI is InChI=1S/C8H8INO/c9-6-5-7-3-1-2-4-8(7)10-11/h1-4H,5-6H2.